The number of aliphatic hydroxyl groups is 1. The molecule has 0 saturated carbocycles. The molecule has 2 N–H and O–H groups in total. The van der Waals surface area contributed by atoms with Gasteiger partial charge in [0.15, 0.2) is 0 Å². The Kier molecular flexibility index (Phi) is 4.73. The zero-order valence-electron chi connectivity index (χ0n) is 11.5. The molecule has 4 heteroatoms. The fourth-order valence-corrected chi connectivity index (χ4v) is 1.77. The number of urea groups is 1. The van der Waals surface area contributed by atoms with E-state index in [1.54, 1.807) is 20.9 Å². The molecule has 0 aromatic heterocycles. The fourth-order valence-electron chi connectivity index (χ4n) is 1.77. The lowest BCUT2D eigenvalue weighted by Gasteiger charge is -2.25. The second-order valence-corrected chi connectivity index (χ2v) is 5.25. The molecule has 0 aliphatic rings. The van der Waals surface area contributed by atoms with Crippen LogP contribution in [0.25, 0.3) is 0 Å². The number of amides is 2. The van der Waals surface area contributed by atoms with Gasteiger partial charge in [0.2, 0.25) is 0 Å². The Morgan fingerprint density at radius 2 is 2.00 bits per heavy atom. The van der Waals surface area contributed by atoms with Crippen molar-refractivity contribution in [1.82, 2.24) is 10.2 Å². The smallest absolute Gasteiger partial charge is 0.317 e. The van der Waals surface area contributed by atoms with Gasteiger partial charge in [-0.3, -0.25) is 0 Å². The summed E-state index contributed by atoms with van der Waals surface area (Å²) in [6.45, 7) is 6.17. The second-order valence-electron chi connectivity index (χ2n) is 5.25. The van der Waals surface area contributed by atoms with Crippen molar-refractivity contribution in [1.29, 1.82) is 0 Å². The van der Waals surface area contributed by atoms with Gasteiger partial charge in [0.05, 0.1) is 12.1 Å². The van der Waals surface area contributed by atoms with Crippen molar-refractivity contribution < 1.29 is 9.90 Å². The maximum Gasteiger partial charge on any atom is 0.317 e. The van der Waals surface area contributed by atoms with Crippen molar-refractivity contribution >= 4 is 6.03 Å². The van der Waals surface area contributed by atoms with E-state index in [1.165, 1.54) is 4.90 Å². The number of rotatable bonds is 4. The van der Waals surface area contributed by atoms with Gasteiger partial charge in [-0.25, -0.2) is 4.79 Å². The van der Waals surface area contributed by atoms with Crippen LogP contribution in [0.15, 0.2) is 24.3 Å². The first kappa shape index (κ1) is 14.5. The Labute approximate surface area is 109 Å². The van der Waals surface area contributed by atoms with Crippen LogP contribution in [0.4, 0.5) is 4.79 Å². The zero-order valence-corrected chi connectivity index (χ0v) is 11.5. The molecule has 4 nitrogen and oxygen atoms in total. The van der Waals surface area contributed by atoms with Gasteiger partial charge in [0, 0.05) is 13.6 Å². The summed E-state index contributed by atoms with van der Waals surface area (Å²) >= 11 is 0. The van der Waals surface area contributed by atoms with Gasteiger partial charge in [-0.1, -0.05) is 24.3 Å². The standard InChI is InChI=1S/C14H22N2O2/c1-11-7-5-6-8-12(11)9-15-13(17)16(4)10-14(2,3)18/h5-8,18H,9-10H2,1-4H3,(H,15,17). The largest absolute Gasteiger partial charge is 0.389 e. The fraction of sp³-hybridized carbons (Fsp3) is 0.500. The lowest BCUT2D eigenvalue weighted by atomic mass is 10.1. The summed E-state index contributed by atoms with van der Waals surface area (Å²) in [4.78, 5) is 13.3. The average Bonchev–Trinajstić information content (AvgIpc) is 2.25. The lowest BCUT2D eigenvalue weighted by Crippen LogP contribution is -2.44. The first-order valence-electron chi connectivity index (χ1n) is 6.05. The summed E-state index contributed by atoms with van der Waals surface area (Å²) in [6.07, 6.45) is 0. The van der Waals surface area contributed by atoms with Crippen LogP contribution < -0.4 is 5.32 Å². The first-order valence-corrected chi connectivity index (χ1v) is 6.05. The van der Waals surface area contributed by atoms with Crippen LogP contribution >= 0.6 is 0 Å². The van der Waals surface area contributed by atoms with E-state index in [-0.39, 0.29) is 6.03 Å². The van der Waals surface area contributed by atoms with E-state index in [9.17, 15) is 9.90 Å². The number of carbonyl (C=O) groups excluding carboxylic acids is 1. The number of likely N-dealkylation sites (N-methyl/N-ethyl adjacent to an activating group) is 1. The van der Waals surface area contributed by atoms with Crippen molar-refractivity contribution in [3.63, 3.8) is 0 Å². The molecule has 0 aliphatic heterocycles. The summed E-state index contributed by atoms with van der Waals surface area (Å²) in [5.41, 5.74) is 1.37. The van der Waals surface area contributed by atoms with E-state index in [0.29, 0.717) is 13.1 Å². The average molecular weight is 250 g/mol. The Hall–Kier alpha value is -1.55. The number of hydrogen-bond donors (Lipinski definition) is 2. The van der Waals surface area contributed by atoms with Crippen LogP contribution in [0.2, 0.25) is 0 Å². The second kappa shape index (κ2) is 5.87. The zero-order chi connectivity index (χ0) is 13.8. The van der Waals surface area contributed by atoms with Gasteiger partial charge in [0.25, 0.3) is 0 Å². The summed E-state index contributed by atoms with van der Waals surface area (Å²) in [7, 11) is 1.67. The van der Waals surface area contributed by atoms with Crippen molar-refractivity contribution in [2.75, 3.05) is 13.6 Å². The molecule has 0 atom stereocenters. The van der Waals surface area contributed by atoms with Crippen LogP contribution in [0, 0.1) is 6.92 Å². The molecule has 0 radical (unpaired) electrons. The van der Waals surface area contributed by atoms with E-state index in [1.807, 2.05) is 31.2 Å². The summed E-state index contributed by atoms with van der Waals surface area (Å²) in [6, 6.07) is 7.75. The molecule has 0 saturated heterocycles. The highest BCUT2D eigenvalue weighted by molar-refractivity contribution is 5.73. The van der Waals surface area contributed by atoms with Gasteiger partial charge in [0.1, 0.15) is 0 Å². The maximum atomic E-state index is 11.8. The highest BCUT2D eigenvalue weighted by Gasteiger charge is 2.18. The Balaban J connectivity index is 2.49. The molecule has 2 amide bonds. The summed E-state index contributed by atoms with van der Waals surface area (Å²) in [5, 5.41) is 12.5. The SMILES string of the molecule is Cc1ccccc1CNC(=O)N(C)CC(C)(C)O. The summed E-state index contributed by atoms with van der Waals surface area (Å²) < 4.78 is 0. The predicted molar refractivity (Wildman–Crippen MR) is 72.3 cm³/mol. The van der Waals surface area contributed by atoms with Crippen LogP contribution in [0.1, 0.15) is 25.0 Å². The molecule has 1 aromatic carbocycles. The van der Waals surface area contributed by atoms with Crippen LogP contribution in [0.5, 0.6) is 0 Å². The lowest BCUT2D eigenvalue weighted by molar-refractivity contribution is 0.0531. The van der Waals surface area contributed by atoms with E-state index >= 15 is 0 Å². The van der Waals surface area contributed by atoms with E-state index in [2.05, 4.69) is 5.32 Å². The molecule has 0 bridgehead atoms. The van der Waals surface area contributed by atoms with E-state index in [4.69, 9.17) is 0 Å². The molecule has 1 aromatic rings. The Morgan fingerprint density at radius 3 is 2.56 bits per heavy atom. The highest BCUT2D eigenvalue weighted by Crippen LogP contribution is 2.07. The molecule has 0 heterocycles. The van der Waals surface area contributed by atoms with Gasteiger partial charge in [-0.05, 0) is 31.9 Å². The van der Waals surface area contributed by atoms with Gasteiger partial charge in [-0.15, -0.1) is 0 Å². The normalized spacial score (nSPS) is 11.2. The third kappa shape index (κ3) is 4.75. The molecule has 18 heavy (non-hydrogen) atoms. The predicted octanol–water partition coefficient (Wildman–Crippen LogP) is 1.91. The first-order chi connectivity index (χ1) is 8.29. The number of hydrogen-bond acceptors (Lipinski definition) is 2. The molecule has 0 unspecified atom stereocenters. The third-order valence-corrected chi connectivity index (χ3v) is 2.66. The Bertz CT molecular complexity index is 411. The molecule has 0 fully saturated rings. The molecule has 1 rings (SSSR count). The number of carbonyl (C=O) groups is 1. The quantitative estimate of drug-likeness (QED) is 0.857. The molecule has 0 aliphatic carbocycles. The molecular weight excluding hydrogens is 228 g/mol. The molecule has 0 spiro atoms. The number of aryl methyl sites for hydroxylation is 1. The minimum Gasteiger partial charge on any atom is -0.389 e. The minimum absolute atomic E-state index is 0.180. The number of nitrogens with zero attached hydrogens (tertiary/aromatic N) is 1. The van der Waals surface area contributed by atoms with E-state index < -0.39 is 5.60 Å². The summed E-state index contributed by atoms with van der Waals surface area (Å²) in [5.74, 6) is 0. The van der Waals surface area contributed by atoms with Crippen LogP contribution in [-0.2, 0) is 6.54 Å². The van der Waals surface area contributed by atoms with Gasteiger partial charge < -0.3 is 15.3 Å². The molecule has 100 valence electrons. The van der Waals surface area contributed by atoms with Crippen LogP contribution in [-0.4, -0.2) is 35.2 Å². The maximum absolute atomic E-state index is 11.8. The van der Waals surface area contributed by atoms with Crippen molar-refractivity contribution in [2.24, 2.45) is 0 Å². The third-order valence-electron chi connectivity index (χ3n) is 2.66. The van der Waals surface area contributed by atoms with E-state index in [0.717, 1.165) is 11.1 Å². The topological polar surface area (TPSA) is 52.6 Å². The number of benzene rings is 1. The Morgan fingerprint density at radius 1 is 1.39 bits per heavy atom. The molecular formula is C14H22N2O2. The highest BCUT2D eigenvalue weighted by atomic mass is 16.3. The monoisotopic (exact) mass is 250 g/mol. The van der Waals surface area contributed by atoms with Gasteiger partial charge >= 0.3 is 6.03 Å². The number of nitrogens with one attached hydrogen (secondary N) is 1. The van der Waals surface area contributed by atoms with Crippen molar-refractivity contribution in [3.8, 4) is 0 Å². The van der Waals surface area contributed by atoms with Gasteiger partial charge in [-0.2, -0.15) is 0 Å². The minimum atomic E-state index is -0.880. The van der Waals surface area contributed by atoms with Crippen molar-refractivity contribution in [3.05, 3.63) is 35.4 Å². The van der Waals surface area contributed by atoms with Crippen molar-refractivity contribution in [2.45, 2.75) is 32.9 Å². The van der Waals surface area contributed by atoms with Crippen LogP contribution in [0.3, 0.4) is 0 Å².